The molecule has 0 spiro atoms. The first-order valence-corrected chi connectivity index (χ1v) is 5.56. The van der Waals surface area contributed by atoms with Gasteiger partial charge in [-0.2, -0.15) is 0 Å². The highest BCUT2D eigenvalue weighted by atomic mass is 79.9. The maximum absolute atomic E-state index is 4.32. The van der Waals surface area contributed by atoms with Crippen molar-refractivity contribution in [2.75, 3.05) is 11.9 Å². The topological polar surface area (TPSA) is 37.8 Å². The number of nitrogens with zero attached hydrogens (tertiary/aromatic N) is 2. The van der Waals surface area contributed by atoms with E-state index >= 15 is 0 Å². The Bertz CT molecular complexity index is 426. The summed E-state index contributed by atoms with van der Waals surface area (Å²) in [5.74, 6) is 0. The second-order valence-corrected chi connectivity index (χ2v) is 4.47. The van der Waals surface area contributed by atoms with Gasteiger partial charge >= 0.3 is 0 Å². The van der Waals surface area contributed by atoms with Gasteiger partial charge in [0.15, 0.2) is 10.8 Å². The lowest BCUT2D eigenvalue weighted by Gasteiger charge is -1.91. The minimum Gasteiger partial charge on any atom is -0.362 e. The van der Waals surface area contributed by atoms with Gasteiger partial charge in [0.25, 0.3) is 0 Å². The Labute approximate surface area is 88.3 Å². The molecule has 68 valence electrons. The van der Waals surface area contributed by atoms with Gasteiger partial charge in [0.2, 0.25) is 0 Å². The van der Waals surface area contributed by atoms with Gasteiger partial charge in [-0.1, -0.05) is 11.3 Å². The van der Waals surface area contributed by atoms with Gasteiger partial charge in [0, 0.05) is 17.2 Å². The quantitative estimate of drug-likeness (QED) is 0.900. The summed E-state index contributed by atoms with van der Waals surface area (Å²) in [6.07, 6.45) is 1.76. The second kappa shape index (κ2) is 3.59. The van der Waals surface area contributed by atoms with Crippen LogP contribution in [0.1, 0.15) is 6.92 Å². The zero-order chi connectivity index (χ0) is 9.26. The Morgan fingerprint density at radius 3 is 3.23 bits per heavy atom. The van der Waals surface area contributed by atoms with Crippen molar-refractivity contribution >= 4 is 42.7 Å². The number of halogens is 1. The van der Waals surface area contributed by atoms with Crippen molar-refractivity contribution in [1.29, 1.82) is 0 Å². The third-order valence-corrected chi connectivity index (χ3v) is 2.92. The number of anilines is 1. The van der Waals surface area contributed by atoms with E-state index in [9.17, 15) is 0 Å². The molecule has 0 aliphatic heterocycles. The number of thiazole rings is 1. The number of fused-ring (bicyclic) bond motifs is 1. The lowest BCUT2D eigenvalue weighted by Crippen LogP contribution is -1.94. The summed E-state index contributed by atoms with van der Waals surface area (Å²) >= 11 is 5.00. The van der Waals surface area contributed by atoms with Crippen LogP contribution in [0.15, 0.2) is 16.7 Å². The normalized spacial score (nSPS) is 10.6. The number of aromatic nitrogens is 2. The molecule has 0 aliphatic carbocycles. The van der Waals surface area contributed by atoms with Gasteiger partial charge in [0.05, 0.1) is 4.70 Å². The number of hydrogen-bond donors (Lipinski definition) is 1. The van der Waals surface area contributed by atoms with E-state index in [0.717, 1.165) is 26.5 Å². The van der Waals surface area contributed by atoms with Crippen molar-refractivity contribution in [3.8, 4) is 0 Å². The fourth-order valence-corrected chi connectivity index (χ4v) is 2.44. The largest absolute Gasteiger partial charge is 0.362 e. The molecule has 2 heterocycles. The van der Waals surface area contributed by atoms with E-state index in [0.29, 0.717) is 0 Å². The van der Waals surface area contributed by atoms with E-state index in [4.69, 9.17) is 0 Å². The van der Waals surface area contributed by atoms with E-state index in [-0.39, 0.29) is 0 Å². The summed E-state index contributed by atoms with van der Waals surface area (Å²) in [7, 11) is 0. The second-order valence-electron chi connectivity index (χ2n) is 2.52. The SMILES string of the molecule is CCNc1nc2ncc(Br)cc2s1. The molecule has 0 fully saturated rings. The summed E-state index contributed by atoms with van der Waals surface area (Å²) in [6.45, 7) is 2.94. The molecule has 0 bridgehead atoms. The zero-order valence-electron chi connectivity index (χ0n) is 7.04. The van der Waals surface area contributed by atoms with Crippen LogP contribution in [0.5, 0.6) is 0 Å². The number of nitrogens with one attached hydrogen (secondary N) is 1. The highest BCUT2D eigenvalue weighted by molar-refractivity contribution is 9.10. The molecule has 0 unspecified atom stereocenters. The summed E-state index contributed by atoms with van der Waals surface area (Å²) in [5, 5.41) is 4.10. The standard InChI is InChI=1S/C8H8BrN3S/c1-2-10-8-12-7-6(13-8)3-5(9)4-11-7/h3-4H,2H2,1H3,(H,10,11,12). The Hall–Kier alpha value is -0.680. The minimum atomic E-state index is 0.809. The first kappa shape index (κ1) is 8.90. The predicted molar refractivity (Wildman–Crippen MR) is 59.3 cm³/mol. The monoisotopic (exact) mass is 257 g/mol. The van der Waals surface area contributed by atoms with Crippen LogP contribution in [0.25, 0.3) is 10.3 Å². The van der Waals surface area contributed by atoms with Crippen molar-refractivity contribution in [2.24, 2.45) is 0 Å². The highest BCUT2D eigenvalue weighted by Gasteiger charge is 2.03. The molecule has 1 N–H and O–H groups in total. The molecule has 2 aromatic rings. The first-order valence-electron chi connectivity index (χ1n) is 3.95. The molecule has 5 heteroatoms. The molecular formula is C8H8BrN3S. The zero-order valence-corrected chi connectivity index (χ0v) is 9.44. The fraction of sp³-hybridized carbons (Fsp3) is 0.250. The summed E-state index contributed by atoms with van der Waals surface area (Å²) in [4.78, 5) is 8.52. The molecule has 13 heavy (non-hydrogen) atoms. The van der Waals surface area contributed by atoms with Gasteiger partial charge in [-0.3, -0.25) is 0 Å². The lowest BCUT2D eigenvalue weighted by molar-refractivity contribution is 1.19. The third kappa shape index (κ3) is 1.81. The Balaban J connectivity index is 2.49. The van der Waals surface area contributed by atoms with Crippen LogP contribution in [0.4, 0.5) is 5.13 Å². The summed E-state index contributed by atoms with van der Waals surface area (Å²) in [5.41, 5.74) is 0.809. The molecule has 2 rings (SSSR count). The van der Waals surface area contributed by atoms with Crippen LogP contribution in [0, 0.1) is 0 Å². The van der Waals surface area contributed by atoms with Crippen LogP contribution in [0.2, 0.25) is 0 Å². The number of hydrogen-bond acceptors (Lipinski definition) is 4. The lowest BCUT2D eigenvalue weighted by atomic mass is 10.5. The van der Waals surface area contributed by atoms with Gasteiger partial charge in [-0.05, 0) is 28.9 Å². The van der Waals surface area contributed by atoms with Crippen LogP contribution >= 0.6 is 27.3 Å². The van der Waals surface area contributed by atoms with Crippen LogP contribution < -0.4 is 5.32 Å². The van der Waals surface area contributed by atoms with Gasteiger partial charge in [-0.15, -0.1) is 0 Å². The van der Waals surface area contributed by atoms with E-state index in [1.807, 2.05) is 6.07 Å². The molecule has 0 atom stereocenters. The van der Waals surface area contributed by atoms with Crippen molar-refractivity contribution < 1.29 is 0 Å². The average molecular weight is 258 g/mol. The predicted octanol–water partition coefficient (Wildman–Crippen LogP) is 2.89. The molecule has 0 aliphatic rings. The van der Waals surface area contributed by atoms with E-state index < -0.39 is 0 Å². The molecule has 3 nitrogen and oxygen atoms in total. The molecule has 0 radical (unpaired) electrons. The molecule has 0 amide bonds. The van der Waals surface area contributed by atoms with Crippen molar-refractivity contribution in [3.05, 3.63) is 16.7 Å². The van der Waals surface area contributed by atoms with Crippen molar-refractivity contribution in [3.63, 3.8) is 0 Å². The smallest absolute Gasteiger partial charge is 0.185 e. The van der Waals surface area contributed by atoms with Crippen molar-refractivity contribution in [2.45, 2.75) is 6.92 Å². The van der Waals surface area contributed by atoms with Crippen LogP contribution in [0.3, 0.4) is 0 Å². The van der Waals surface area contributed by atoms with Crippen LogP contribution in [-0.2, 0) is 0 Å². The van der Waals surface area contributed by atoms with E-state index in [2.05, 4.69) is 38.1 Å². The van der Waals surface area contributed by atoms with Gasteiger partial charge in [0.1, 0.15) is 0 Å². The summed E-state index contributed by atoms with van der Waals surface area (Å²) < 4.78 is 2.09. The molecule has 0 saturated carbocycles. The number of pyridine rings is 1. The Morgan fingerprint density at radius 1 is 1.62 bits per heavy atom. The van der Waals surface area contributed by atoms with Crippen molar-refractivity contribution in [1.82, 2.24) is 9.97 Å². The van der Waals surface area contributed by atoms with E-state index in [1.165, 1.54) is 0 Å². The molecule has 0 saturated heterocycles. The van der Waals surface area contributed by atoms with Gasteiger partial charge < -0.3 is 5.32 Å². The highest BCUT2D eigenvalue weighted by Crippen LogP contribution is 2.26. The maximum atomic E-state index is 4.32. The van der Waals surface area contributed by atoms with Gasteiger partial charge in [-0.25, -0.2) is 9.97 Å². The Kier molecular flexibility index (Phi) is 2.46. The third-order valence-electron chi connectivity index (χ3n) is 1.54. The molecule has 0 aromatic carbocycles. The van der Waals surface area contributed by atoms with Crippen LogP contribution in [-0.4, -0.2) is 16.5 Å². The first-order chi connectivity index (χ1) is 6.29. The van der Waals surface area contributed by atoms with E-state index in [1.54, 1.807) is 17.5 Å². The maximum Gasteiger partial charge on any atom is 0.185 e. The molecule has 2 aromatic heterocycles. The average Bonchev–Trinajstić information content (AvgIpc) is 2.46. The molecular weight excluding hydrogens is 250 g/mol. The summed E-state index contributed by atoms with van der Waals surface area (Å²) in [6, 6.07) is 2.03. The Morgan fingerprint density at radius 2 is 2.46 bits per heavy atom. The fourth-order valence-electron chi connectivity index (χ4n) is 1.02. The number of rotatable bonds is 2. The minimum absolute atomic E-state index is 0.809.